The van der Waals surface area contributed by atoms with Crippen LogP contribution in [0.4, 0.5) is 13.2 Å². The zero-order valence-electron chi connectivity index (χ0n) is 10.4. The Morgan fingerprint density at radius 1 is 1.06 bits per heavy atom. The number of unbranched alkanes of at least 4 members (excludes halogenated alkanes) is 3. The SMILES string of the molecule is CCCCCCc1ccc(C(F)(F)F)c(C)c1. The number of rotatable bonds is 5. The monoisotopic (exact) mass is 244 g/mol. The van der Waals surface area contributed by atoms with Crippen molar-refractivity contribution in [2.45, 2.75) is 52.1 Å². The summed E-state index contributed by atoms with van der Waals surface area (Å²) in [5.41, 5.74) is 0.812. The molecule has 0 amide bonds. The van der Waals surface area contributed by atoms with Gasteiger partial charge in [-0.05, 0) is 37.0 Å². The van der Waals surface area contributed by atoms with Crippen molar-refractivity contribution in [3.05, 3.63) is 34.9 Å². The average molecular weight is 244 g/mol. The van der Waals surface area contributed by atoms with E-state index in [0.717, 1.165) is 24.8 Å². The molecular formula is C14H19F3. The summed E-state index contributed by atoms with van der Waals surface area (Å²) in [4.78, 5) is 0. The van der Waals surface area contributed by atoms with Gasteiger partial charge in [-0.25, -0.2) is 0 Å². The quantitative estimate of drug-likeness (QED) is 0.629. The molecule has 0 saturated heterocycles. The molecule has 0 aromatic heterocycles. The minimum absolute atomic E-state index is 0.325. The smallest absolute Gasteiger partial charge is 0.166 e. The normalized spacial score (nSPS) is 11.8. The highest BCUT2D eigenvalue weighted by molar-refractivity contribution is 5.33. The lowest BCUT2D eigenvalue weighted by Gasteiger charge is -2.11. The van der Waals surface area contributed by atoms with E-state index >= 15 is 0 Å². The fraction of sp³-hybridized carbons (Fsp3) is 0.571. The van der Waals surface area contributed by atoms with Gasteiger partial charge in [0.15, 0.2) is 0 Å². The van der Waals surface area contributed by atoms with Gasteiger partial charge in [0.05, 0.1) is 5.56 Å². The van der Waals surface area contributed by atoms with Crippen LogP contribution in [0, 0.1) is 6.92 Å². The lowest BCUT2D eigenvalue weighted by atomic mass is 10.0. The van der Waals surface area contributed by atoms with Crippen LogP contribution in [-0.4, -0.2) is 0 Å². The predicted molar refractivity (Wildman–Crippen MR) is 64.0 cm³/mol. The van der Waals surface area contributed by atoms with Gasteiger partial charge in [0.2, 0.25) is 0 Å². The highest BCUT2D eigenvalue weighted by Crippen LogP contribution is 2.32. The van der Waals surface area contributed by atoms with E-state index in [9.17, 15) is 13.2 Å². The molecule has 1 aromatic rings. The van der Waals surface area contributed by atoms with Crippen molar-refractivity contribution in [1.29, 1.82) is 0 Å². The summed E-state index contributed by atoms with van der Waals surface area (Å²) in [5.74, 6) is 0. The van der Waals surface area contributed by atoms with Gasteiger partial charge < -0.3 is 0 Å². The lowest BCUT2D eigenvalue weighted by Crippen LogP contribution is -2.07. The van der Waals surface area contributed by atoms with E-state index in [-0.39, 0.29) is 0 Å². The van der Waals surface area contributed by atoms with Crippen LogP contribution in [0.5, 0.6) is 0 Å². The van der Waals surface area contributed by atoms with E-state index in [1.807, 2.05) is 0 Å². The third-order valence-electron chi connectivity index (χ3n) is 2.92. The molecule has 0 aliphatic carbocycles. The Morgan fingerprint density at radius 3 is 2.29 bits per heavy atom. The summed E-state index contributed by atoms with van der Waals surface area (Å²) in [6.45, 7) is 3.67. The standard InChI is InChI=1S/C14H19F3/c1-3-4-5-6-7-12-8-9-13(11(2)10-12)14(15,16)17/h8-10H,3-7H2,1-2H3. The van der Waals surface area contributed by atoms with Crippen LogP contribution in [-0.2, 0) is 12.6 Å². The molecule has 96 valence electrons. The molecule has 0 N–H and O–H groups in total. The Kier molecular flexibility index (Phi) is 5.03. The molecule has 17 heavy (non-hydrogen) atoms. The Labute approximate surface area is 101 Å². The maximum atomic E-state index is 12.5. The Balaban J connectivity index is 2.63. The molecule has 0 atom stereocenters. The number of hydrogen-bond acceptors (Lipinski definition) is 0. The molecule has 1 rings (SSSR count). The van der Waals surface area contributed by atoms with Crippen molar-refractivity contribution in [2.24, 2.45) is 0 Å². The number of benzene rings is 1. The fourth-order valence-electron chi connectivity index (χ4n) is 1.96. The first-order valence-corrected chi connectivity index (χ1v) is 6.12. The van der Waals surface area contributed by atoms with Crippen molar-refractivity contribution in [2.75, 3.05) is 0 Å². The molecule has 1 aromatic carbocycles. The molecular weight excluding hydrogens is 225 g/mol. The summed E-state index contributed by atoms with van der Waals surface area (Å²) in [6, 6.07) is 4.46. The lowest BCUT2D eigenvalue weighted by molar-refractivity contribution is -0.138. The number of aryl methyl sites for hydroxylation is 2. The first kappa shape index (κ1) is 14.1. The molecule has 0 heterocycles. The second-order valence-electron chi connectivity index (χ2n) is 4.46. The maximum Gasteiger partial charge on any atom is 0.416 e. The van der Waals surface area contributed by atoms with Gasteiger partial charge in [0.1, 0.15) is 0 Å². The maximum absolute atomic E-state index is 12.5. The Morgan fingerprint density at radius 2 is 1.76 bits per heavy atom. The van der Waals surface area contributed by atoms with E-state index < -0.39 is 11.7 Å². The van der Waals surface area contributed by atoms with Gasteiger partial charge in [0, 0.05) is 0 Å². The van der Waals surface area contributed by atoms with Gasteiger partial charge in [-0.15, -0.1) is 0 Å². The van der Waals surface area contributed by atoms with Crippen LogP contribution in [0.2, 0.25) is 0 Å². The van der Waals surface area contributed by atoms with Crippen molar-refractivity contribution in [3.63, 3.8) is 0 Å². The summed E-state index contributed by atoms with van der Waals surface area (Å²) in [7, 11) is 0. The van der Waals surface area contributed by atoms with Crippen LogP contribution in [0.1, 0.15) is 49.3 Å². The molecule has 0 aliphatic rings. The summed E-state index contributed by atoms with van der Waals surface area (Å²) < 4.78 is 37.6. The Bertz CT molecular complexity index is 353. The van der Waals surface area contributed by atoms with Crippen molar-refractivity contribution in [1.82, 2.24) is 0 Å². The molecule has 0 fully saturated rings. The second-order valence-corrected chi connectivity index (χ2v) is 4.46. The number of halogens is 3. The average Bonchev–Trinajstić information content (AvgIpc) is 2.23. The molecule has 0 spiro atoms. The molecule has 0 radical (unpaired) electrons. The van der Waals surface area contributed by atoms with Crippen LogP contribution in [0.3, 0.4) is 0 Å². The molecule has 3 heteroatoms. The Hall–Kier alpha value is -0.990. The number of hydrogen-bond donors (Lipinski definition) is 0. The van der Waals surface area contributed by atoms with Gasteiger partial charge in [-0.3, -0.25) is 0 Å². The van der Waals surface area contributed by atoms with Crippen molar-refractivity contribution >= 4 is 0 Å². The van der Waals surface area contributed by atoms with Crippen LogP contribution >= 0.6 is 0 Å². The minimum atomic E-state index is -4.23. The zero-order valence-corrected chi connectivity index (χ0v) is 10.4. The summed E-state index contributed by atoms with van der Waals surface area (Å²) in [5, 5.41) is 0. The van der Waals surface area contributed by atoms with Crippen LogP contribution in [0.25, 0.3) is 0 Å². The molecule has 0 saturated carbocycles. The third-order valence-corrected chi connectivity index (χ3v) is 2.92. The van der Waals surface area contributed by atoms with Gasteiger partial charge in [-0.1, -0.05) is 38.3 Å². The molecule has 0 unspecified atom stereocenters. The highest BCUT2D eigenvalue weighted by Gasteiger charge is 2.31. The van der Waals surface area contributed by atoms with E-state index in [0.29, 0.717) is 5.56 Å². The molecule has 0 aliphatic heterocycles. The van der Waals surface area contributed by atoms with E-state index in [1.54, 1.807) is 12.1 Å². The molecule has 0 bridgehead atoms. The first-order chi connectivity index (χ1) is 7.95. The van der Waals surface area contributed by atoms with Crippen LogP contribution in [0.15, 0.2) is 18.2 Å². The van der Waals surface area contributed by atoms with Gasteiger partial charge >= 0.3 is 6.18 Å². The minimum Gasteiger partial charge on any atom is -0.166 e. The molecule has 0 nitrogen and oxygen atoms in total. The van der Waals surface area contributed by atoms with Gasteiger partial charge in [0.25, 0.3) is 0 Å². The number of alkyl halides is 3. The highest BCUT2D eigenvalue weighted by atomic mass is 19.4. The zero-order chi connectivity index (χ0) is 12.9. The largest absolute Gasteiger partial charge is 0.416 e. The van der Waals surface area contributed by atoms with Crippen LogP contribution < -0.4 is 0 Å². The fourth-order valence-corrected chi connectivity index (χ4v) is 1.96. The third kappa shape index (κ3) is 4.41. The topological polar surface area (TPSA) is 0 Å². The van der Waals surface area contributed by atoms with E-state index in [1.165, 1.54) is 25.8 Å². The predicted octanol–water partition coefficient (Wildman–Crippen LogP) is 5.14. The van der Waals surface area contributed by atoms with Crippen molar-refractivity contribution < 1.29 is 13.2 Å². The summed E-state index contributed by atoms with van der Waals surface area (Å²) in [6.07, 6.45) is 1.21. The van der Waals surface area contributed by atoms with E-state index in [4.69, 9.17) is 0 Å². The first-order valence-electron chi connectivity index (χ1n) is 6.12. The second kappa shape index (κ2) is 6.08. The summed E-state index contributed by atoms with van der Waals surface area (Å²) >= 11 is 0. The van der Waals surface area contributed by atoms with Crippen molar-refractivity contribution in [3.8, 4) is 0 Å². The van der Waals surface area contributed by atoms with Gasteiger partial charge in [-0.2, -0.15) is 13.2 Å². The van der Waals surface area contributed by atoms with E-state index in [2.05, 4.69) is 6.92 Å².